The summed E-state index contributed by atoms with van der Waals surface area (Å²) in [7, 11) is 0. The molecule has 0 spiro atoms. The van der Waals surface area contributed by atoms with Crippen LogP contribution in [-0.2, 0) is 0 Å². The lowest BCUT2D eigenvalue weighted by atomic mass is 9.85. The van der Waals surface area contributed by atoms with Gasteiger partial charge in [-0.05, 0) is 31.7 Å². The Hall–Kier alpha value is -2.09. The van der Waals surface area contributed by atoms with Gasteiger partial charge in [0.2, 0.25) is 0 Å². The molecule has 5 nitrogen and oxygen atoms in total. The number of nitriles is 1. The number of hydrogen-bond acceptors (Lipinski definition) is 4. The minimum absolute atomic E-state index is 0.0278. The topological polar surface area (TPSA) is 70.2 Å². The molecule has 0 aliphatic heterocycles. The first-order valence-corrected chi connectivity index (χ1v) is 6.59. The molecule has 0 N–H and O–H groups in total. The fourth-order valence-electron chi connectivity index (χ4n) is 2.39. The zero-order valence-electron chi connectivity index (χ0n) is 11.0. The lowest BCUT2D eigenvalue weighted by Crippen LogP contribution is -2.32. The highest BCUT2D eigenvalue weighted by Gasteiger charge is 2.22. The van der Waals surface area contributed by atoms with Gasteiger partial charge in [-0.25, -0.2) is 0 Å². The first kappa shape index (κ1) is 13.3. The van der Waals surface area contributed by atoms with Crippen molar-refractivity contribution in [1.29, 1.82) is 5.26 Å². The van der Waals surface area contributed by atoms with E-state index in [1.165, 1.54) is 31.4 Å². The van der Waals surface area contributed by atoms with Gasteiger partial charge < -0.3 is 4.90 Å². The van der Waals surface area contributed by atoms with E-state index in [9.17, 15) is 15.4 Å². The molecule has 1 aliphatic rings. The third-order valence-corrected chi connectivity index (χ3v) is 3.74. The Morgan fingerprint density at radius 2 is 2.26 bits per heavy atom. The van der Waals surface area contributed by atoms with E-state index in [4.69, 9.17) is 0 Å². The molecule has 0 unspecified atom stereocenters. The average Bonchev–Trinajstić information content (AvgIpc) is 2.37. The second-order valence-corrected chi connectivity index (χ2v) is 4.91. The molecule has 0 amide bonds. The van der Waals surface area contributed by atoms with E-state index in [-0.39, 0.29) is 5.69 Å². The van der Waals surface area contributed by atoms with Gasteiger partial charge in [0, 0.05) is 25.2 Å². The van der Waals surface area contributed by atoms with E-state index in [0.29, 0.717) is 11.5 Å². The summed E-state index contributed by atoms with van der Waals surface area (Å²) in [6, 6.07) is 6.59. The Morgan fingerprint density at radius 1 is 1.53 bits per heavy atom. The predicted molar refractivity (Wildman–Crippen MR) is 73.0 cm³/mol. The maximum absolute atomic E-state index is 10.7. The van der Waals surface area contributed by atoms with Gasteiger partial charge in [-0.3, -0.25) is 10.1 Å². The van der Waals surface area contributed by atoms with Crippen LogP contribution in [0.1, 0.15) is 31.7 Å². The minimum atomic E-state index is -0.465. The summed E-state index contributed by atoms with van der Waals surface area (Å²) in [6.45, 7) is 3.78. The first-order valence-electron chi connectivity index (χ1n) is 6.59. The van der Waals surface area contributed by atoms with Crippen molar-refractivity contribution in [2.75, 3.05) is 18.0 Å². The normalized spacial score (nSPS) is 14.5. The number of anilines is 1. The Labute approximate surface area is 112 Å². The van der Waals surface area contributed by atoms with Gasteiger partial charge in [0.05, 0.1) is 16.2 Å². The summed E-state index contributed by atoms with van der Waals surface area (Å²) in [5, 5.41) is 19.9. The minimum Gasteiger partial charge on any atom is -0.370 e. The fraction of sp³-hybridized carbons (Fsp3) is 0.500. The lowest BCUT2D eigenvalue weighted by Gasteiger charge is -2.33. The van der Waals surface area contributed by atoms with Crippen molar-refractivity contribution >= 4 is 11.4 Å². The molecule has 5 heteroatoms. The molecule has 1 saturated carbocycles. The van der Waals surface area contributed by atoms with Crippen molar-refractivity contribution in [3.8, 4) is 6.07 Å². The van der Waals surface area contributed by atoms with Crippen LogP contribution in [0.15, 0.2) is 18.2 Å². The highest BCUT2D eigenvalue weighted by molar-refractivity contribution is 5.63. The molecule has 2 rings (SSSR count). The van der Waals surface area contributed by atoms with E-state index < -0.39 is 4.92 Å². The third kappa shape index (κ3) is 2.84. The highest BCUT2D eigenvalue weighted by Crippen LogP contribution is 2.31. The highest BCUT2D eigenvalue weighted by atomic mass is 16.6. The van der Waals surface area contributed by atoms with Gasteiger partial charge in [-0.2, -0.15) is 5.26 Å². The molecule has 0 radical (unpaired) electrons. The number of nitrogens with zero attached hydrogens (tertiary/aromatic N) is 3. The summed E-state index contributed by atoms with van der Waals surface area (Å²) >= 11 is 0. The van der Waals surface area contributed by atoms with E-state index >= 15 is 0 Å². The van der Waals surface area contributed by atoms with Crippen molar-refractivity contribution in [3.05, 3.63) is 33.9 Å². The molecule has 1 aromatic carbocycles. The van der Waals surface area contributed by atoms with Gasteiger partial charge in [0.15, 0.2) is 0 Å². The van der Waals surface area contributed by atoms with Gasteiger partial charge in [-0.15, -0.1) is 0 Å². The summed E-state index contributed by atoms with van der Waals surface area (Å²) in [4.78, 5) is 12.4. The zero-order valence-corrected chi connectivity index (χ0v) is 11.0. The SMILES string of the molecule is CCN(CC1CCC1)c1ccc([N+](=O)[O-])cc1C#N. The number of rotatable bonds is 5. The maximum atomic E-state index is 10.7. The largest absolute Gasteiger partial charge is 0.370 e. The maximum Gasteiger partial charge on any atom is 0.270 e. The summed E-state index contributed by atoms with van der Waals surface area (Å²) in [5.41, 5.74) is 1.16. The first-order chi connectivity index (χ1) is 9.15. The van der Waals surface area contributed by atoms with Gasteiger partial charge in [0.1, 0.15) is 6.07 Å². The Kier molecular flexibility index (Phi) is 4.00. The Morgan fingerprint density at radius 3 is 2.74 bits per heavy atom. The van der Waals surface area contributed by atoms with Crippen LogP contribution in [0.2, 0.25) is 0 Å². The van der Waals surface area contributed by atoms with Crippen molar-refractivity contribution in [3.63, 3.8) is 0 Å². The van der Waals surface area contributed by atoms with Crippen LogP contribution in [0, 0.1) is 27.4 Å². The molecular weight excluding hydrogens is 242 g/mol. The predicted octanol–water partition coefficient (Wildman–Crippen LogP) is 3.09. The molecule has 0 heterocycles. The molecule has 100 valence electrons. The summed E-state index contributed by atoms with van der Waals surface area (Å²) in [6.07, 6.45) is 3.77. The summed E-state index contributed by atoms with van der Waals surface area (Å²) in [5.74, 6) is 0.696. The van der Waals surface area contributed by atoms with Crippen molar-refractivity contribution in [2.45, 2.75) is 26.2 Å². The molecule has 1 aromatic rings. The van der Waals surface area contributed by atoms with Crippen LogP contribution in [0.5, 0.6) is 0 Å². The van der Waals surface area contributed by atoms with Gasteiger partial charge in [0.25, 0.3) is 5.69 Å². The molecule has 1 aliphatic carbocycles. The zero-order chi connectivity index (χ0) is 13.8. The van der Waals surface area contributed by atoms with Crippen LogP contribution in [0.25, 0.3) is 0 Å². The van der Waals surface area contributed by atoms with E-state index in [1.54, 1.807) is 6.07 Å². The van der Waals surface area contributed by atoms with E-state index in [0.717, 1.165) is 18.8 Å². The number of nitro benzene ring substituents is 1. The lowest BCUT2D eigenvalue weighted by molar-refractivity contribution is -0.384. The van der Waals surface area contributed by atoms with Crippen LogP contribution in [0.4, 0.5) is 11.4 Å². The van der Waals surface area contributed by atoms with Crippen LogP contribution in [0.3, 0.4) is 0 Å². The number of hydrogen-bond donors (Lipinski definition) is 0. The quantitative estimate of drug-likeness (QED) is 0.601. The monoisotopic (exact) mass is 259 g/mol. The number of benzene rings is 1. The standard InChI is InChI=1S/C14H17N3O2/c1-2-16(10-11-4-3-5-11)14-7-6-13(17(18)19)8-12(14)9-15/h6-8,11H,2-5,10H2,1H3. The van der Waals surface area contributed by atoms with Gasteiger partial charge >= 0.3 is 0 Å². The molecular formula is C14H17N3O2. The average molecular weight is 259 g/mol. The second kappa shape index (κ2) is 5.70. The Balaban J connectivity index is 2.25. The number of non-ortho nitro benzene ring substituents is 1. The molecule has 1 fully saturated rings. The van der Waals surface area contributed by atoms with Crippen LogP contribution < -0.4 is 4.90 Å². The van der Waals surface area contributed by atoms with E-state index in [1.807, 2.05) is 6.92 Å². The third-order valence-electron chi connectivity index (χ3n) is 3.74. The molecule has 0 bridgehead atoms. The number of nitro groups is 1. The Bertz CT molecular complexity index is 518. The second-order valence-electron chi connectivity index (χ2n) is 4.91. The van der Waals surface area contributed by atoms with Crippen molar-refractivity contribution in [2.24, 2.45) is 5.92 Å². The molecule has 0 saturated heterocycles. The van der Waals surface area contributed by atoms with Crippen LogP contribution >= 0.6 is 0 Å². The van der Waals surface area contributed by atoms with Crippen LogP contribution in [-0.4, -0.2) is 18.0 Å². The van der Waals surface area contributed by atoms with Crippen molar-refractivity contribution in [1.82, 2.24) is 0 Å². The smallest absolute Gasteiger partial charge is 0.270 e. The molecule has 0 aromatic heterocycles. The molecule has 19 heavy (non-hydrogen) atoms. The van der Waals surface area contributed by atoms with Crippen molar-refractivity contribution < 1.29 is 4.92 Å². The van der Waals surface area contributed by atoms with E-state index in [2.05, 4.69) is 11.0 Å². The van der Waals surface area contributed by atoms with Gasteiger partial charge in [-0.1, -0.05) is 6.42 Å². The summed E-state index contributed by atoms with van der Waals surface area (Å²) < 4.78 is 0. The molecule has 0 atom stereocenters. The fourth-order valence-corrected chi connectivity index (χ4v) is 2.39.